The molecule has 1 aliphatic carbocycles. The molecule has 0 saturated carbocycles. The van der Waals surface area contributed by atoms with Gasteiger partial charge < -0.3 is 15.1 Å². The lowest BCUT2D eigenvalue weighted by atomic mass is 9.90. The SMILES string of the molecule is CN1CCN(c2ccnc3cc4c(cc23)N(C(=O)Nc2ccc3c(c2)CCCC3=O)CC4)CC1. The van der Waals surface area contributed by atoms with Gasteiger partial charge >= 0.3 is 6.03 Å². The number of urea groups is 1. The Morgan fingerprint density at radius 3 is 2.62 bits per heavy atom. The van der Waals surface area contributed by atoms with E-state index in [1.165, 1.54) is 5.69 Å². The summed E-state index contributed by atoms with van der Waals surface area (Å²) >= 11 is 0. The summed E-state index contributed by atoms with van der Waals surface area (Å²) in [5.41, 5.74) is 6.86. The number of aromatic nitrogens is 1. The summed E-state index contributed by atoms with van der Waals surface area (Å²) in [6.45, 7) is 4.69. The first-order valence-corrected chi connectivity index (χ1v) is 12.2. The van der Waals surface area contributed by atoms with Gasteiger partial charge in [0.1, 0.15) is 0 Å². The van der Waals surface area contributed by atoms with Crippen LogP contribution in [0.25, 0.3) is 10.9 Å². The van der Waals surface area contributed by atoms with Crippen molar-refractivity contribution in [1.29, 1.82) is 0 Å². The fraction of sp³-hybridized carbons (Fsp3) is 0.370. The molecule has 7 heteroatoms. The van der Waals surface area contributed by atoms with Gasteiger partial charge in [-0.05, 0) is 73.8 Å². The molecule has 1 aromatic heterocycles. The molecule has 6 rings (SSSR count). The van der Waals surface area contributed by atoms with Crippen LogP contribution < -0.4 is 15.1 Å². The molecule has 2 aromatic carbocycles. The second-order valence-electron chi connectivity index (χ2n) is 9.60. The Morgan fingerprint density at radius 1 is 0.912 bits per heavy atom. The van der Waals surface area contributed by atoms with Crippen LogP contribution in [0.3, 0.4) is 0 Å². The predicted molar refractivity (Wildman–Crippen MR) is 135 cm³/mol. The molecule has 34 heavy (non-hydrogen) atoms. The zero-order chi connectivity index (χ0) is 23.2. The molecule has 7 nitrogen and oxygen atoms in total. The third-order valence-corrected chi connectivity index (χ3v) is 7.41. The molecule has 0 unspecified atom stereocenters. The van der Waals surface area contributed by atoms with Crippen molar-refractivity contribution in [3.05, 3.63) is 59.3 Å². The molecule has 3 aliphatic rings. The van der Waals surface area contributed by atoms with E-state index < -0.39 is 0 Å². The number of nitrogens with one attached hydrogen (secondary N) is 1. The molecule has 2 aliphatic heterocycles. The third kappa shape index (κ3) is 3.70. The van der Waals surface area contributed by atoms with Crippen molar-refractivity contribution in [2.75, 3.05) is 54.9 Å². The molecule has 174 valence electrons. The van der Waals surface area contributed by atoms with Crippen molar-refractivity contribution in [3.63, 3.8) is 0 Å². The molecule has 2 amide bonds. The van der Waals surface area contributed by atoms with E-state index in [4.69, 9.17) is 0 Å². The summed E-state index contributed by atoms with van der Waals surface area (Å²) in [4.78, 5) is 36.6. The smallest absolute Gasteiger partial charge is 0.326 e. The molecule has 3 aromatic rings. The standard InChI is InChI=1S/C27H29N5O2/c1-30-11-13-31(14-12-30)24-7-9-28-23-16-19-8-10-32(25(19)17-22(23)24)27(34)29-20-5-6-21-18(15-20)3-2-4-26(21)33/h5-7,9,15-17H,2-4,8,10-14H2,1H3,(H,29,34). The molecule has 3 heterocycles. The number of Topliss-reactive ketones (excluding diaryl/α,β-unsaturated/α-hetero) is 1. The van der Waals surface area contributed by atoms with E-state index in [-0.39, 0.29) is 11.8 Å². The summed E-state index contributed by atoms with van der Waals surface area (Å²) < 4.78 is 0. The van der Waals surface area contributed by atoms with Crippen LogP contribution in [0.5, 0.6) is 0 Å². The van der Waals surface area contributed by atoms with Crippen molar-refractivity contribution in [3.8, 4) is 0 Å². The maximum atomic E-state index is 13.3. The second kappa shape index (κ2) is 8.40. The lowest BCUT2D eigenvalue weighted by Crippen LogP contribution is -2.44. The monoisotopic (exact) mass is 455 g/mol. The van der Waals surface area contributed by atoms with Gasteiger partial charge in [0.15, 0.2) is 5.78 Å². The van der Waals surface area contributed by atoms with Gasteiger partial charge in [0.05, 0.1) is 5.52 Å². The van der Waals surface area contributed by atoms with Crippen LogP contribution in [0.2, 0.25) is 0 Å². The molecule has 1 saturated heterocycles. The van der Waals surface area contributed by atoms with E-state index in [1.54, 1.807) is 0 Å². The third-order valence-electron chi connectivity index (χ3n) is 7.41. The minimum atomic E-state index is -0.134. The average molecular weight is 456 g/mol. The van der Waals surface area contributed by atoms with E-state index in [1.807, 2.05) is 29.3 Å². The fourth-order valence-corrected chi connectivity index (χ4v) is 5.46. The van der Waals surface area contributed by atoms with Gasteiger partial charge in [0, 0.05) is 73.4 Å². The van der Waals surface area contributed by atoms with Crippen LogP contribution >= 0.6 is 0 Å². The highest BCUT2D eigenvalue weighted by molar-refractivity contribution is 6.06. The summed E-state index contributed by atoms with van der Waals surface area (Å²) in [7, 11) is 2.16. The largest absolute Gasteiger partial charge is 0.368 e. The Labute approximate surface area is 199 Å². The van der Waals surface area contributed by atoms with Gasteiger partial charge in [0.25, 0.3) is 0 Å². The van der Waals surface area contributed by atoms with Crippen LogP contribution in [-0.4, -0.2) is 61.5 Å². The van der Waals surface area contributed by atoms with Crippen LogP contribution in [-0.2, 0) is 12.8 Å². The normalized spacial score (nSPS) is 18.2. The zero-order valence-corrected chi connectivity index (χ0v) is 19.5. The Bertz CT molecular complexity index is 1300. The maximum Gasteiger partial charge on any atom is 0.326 e. The number of carbonyl (C=O) groups is 2. The second-order valence-corrected chi connectivity index (χ2v) is 9.60. The first-order valence-electron chi connectivity index (χ1n) is 12.2. The highest BCUT2D eigenvalue weighted by atomic mass is 16.2. The van der Waals surface area contributed by atoms with Crippen LogP contribution in [0.15, 0.2) is 42.6 Å². The number of rotatable bonds is 2. The Hall–Kier alpha value is -3.45. The molecule has 1 N–H and O–H groups in total. The zero-order valence-electron chi connectivity index (χ0n) is 19.5. The number of likely N-dealkylation sites (N-methyl/N-ethyl adjacent to an activating group) is 1. The van der Waals surface area contributed by atoms with Gasteiger partial charge in [0.2, 0.25) is 0 Å². The van der Waals surface area contributed by atoms with E-state index in [0.717, 1.165) is 84.4 Å². The number of amides is 2. The number of aryl methyl sites for hydroxylation is 1. The lowest BCUT2D eigenvalue weighted by molar-refractivity contribution is 0.0972. The topological polar surface area (TPSA) is 68.8 Å². The van der Waals surface area contributed by atoms with Gasteiger partial charge in [-0.25, -0.2) is 4.79 Å². The fourth-order valence-electron chi connectivity index (χ4n) is 5.46. The van der Waals surface area contributed by atoms with Crippen LogP contribution in [0.1, 0.15) is 34.3 Å². The maximum absolute atomic E-state index is 13.3. The van der Waals surface area contributed by atoms with Gasteiger partial charge in [-0.3, -0.25) is 14.7 Å². The van der Waals surface area contributed by atoms with Crippen molar-refractivity contribution in [1.82, 2.24) is 9.88 Å². The minimum absolute atomic E-state index is 0.134. The van der Waals surface area contributed by atoms with Crippen molar-refractivity contribution < 1.29 is 9.59 Å². The lowest BCUT2D eigenvalue weighted by Gasteiger charge is -2.34. The highest BCUT2D eigenvalue weighted by Crippen LogP contribution is 2.36. The Kier molecular flexibility index (Phi) is 5.21. The summed E-state index contributed by atoms with van der Waals surface area (Å²) in [5, 5.41) is 4.16. The van der Waals surface area contributed by atoms with Crippen molar-refractivity contribution in [2.45, 2.75) is 25.7 Å². The predicted octanol–water partition coefficient (Wildman–Crippen LogP) is 4.10. The van der Waals surface area contributed by atoms with E-state index in [2.05, 4.69) is 45.3 Å². The average Bonchev–Trinajstić information content (AvgIpc) is 3.26. The molecule has 0 radical (unpaired) electrons. The van der Waals surface area contributed by atoms with E-state index in [0.29, 0.717) is 13.0 Å². The number of piperazine rings is 1. The first-order chi connectivity index (χ1) is 16.6. The van der Waals surface area contributed by atoms with Crippen LogP contribution in [0, 0.1) is 0 Å². The number of pyridine rings is 1. The molecular weight excluding hydrogens is 426 g/mol. The quantitative estimate of drug-likeness (QED) is 0.630. The van der Waals surface area contributed by atoms with Gasteiger partial charge in [-0.1, -0.05) is 0 Å². The minimum Gasteiger partial charge on any atom is -0.368 e. The molecule has 0 atom stereocenters. The number of fused-ring (bicyclic) bond motifs is 3. The number of hydrogen-bond donors (Lipinski definition) is 1. The van der Waals surface area contributed by atoms with E-state index in [9.17, 15) is 9.59 Å². The first kappa shape index (κ1) is 21.1. The molecular formula is C27H29N5O2. The number of anilines is 3. The van der Waals surface area contributed by atoms with Gasteiger partial charge in [-0.2, -0.15) is 0 Å². The summed E-state index contributed by atoms with van der Waals surface area (Å²) in [5.74, 6) is 0.198. The Balaban J connectivity index is 1.28. The van der Waals surface area contributed by atoms with Crippen molar-refractivity contribution in [2.24, 2.45) is 0 Å². The molecule has 1 fully saturated rings. The molecule has 0 spiro atoms. The van der Waals surface area contributed by atoms with Crippen LogP contribution in [0.4, 0.5) is 21.9 Å². The number of nitrogens with zero attached hydrogens (tertiary/aromatic N) is 4. The summed E-state index contributed by atoms with van der Waals surface area (Å²) in [6.07, 6.45) is 5.08. The summed E-state index contributed by atoms with van der Waals surface area (Å²) in [6, 6.07) is 11.9. The number of hydrogen-bond acceptors (Lipinski definition) is 5. The number of ketones is 1. The highest BCUT2D eigenvalue weighted by Gasteiger charge is 2.27. The molecule has 0 bridgehead atoms. The van der Waals surface area contributed by atoms with Gasteiger partial charge in [-0.15, -0.1) is 0 Å². The van der Waals surface area contributed by atoms with E-state index >= 15 is 0 Å². The Morgan fingerprint density at radius 2 is 1.76 bits per heavy atom. The number of benzene rings is 2. The van der Waals surface area contributed by atoms with Crippen molar-refractivity contribution >= 4 is 39.8 Å². The number of carbonyl (C=O) groups excluding carboxylic acids is 2.